The summed E-state index contributed by atoms with van der Waals surface area (Å²) in [4.78, 5) is 10.5. The minimum atomic E-state index is 0.534. The number of nitrogens with zero attached hydrogens (tertiary/aromatic N) is 3. The SMILES string of the molecule is N#Cc1ccc(Nc2nc(Sc3ccccc3)c3ccccc3n2)cc1. The van der Waals surface area contributed by atoms with Gasteiger partial charge in [0.15, 0.2) is 0 Å². The highest BCUT2D eigenvalue weighted by Gasteiger charge is 2.09. The van der Waals surface area contributed by atoms with Gasteiger partial charge in [-0.3, -0.25) is 0 Å². The van der Waals surface area contributed by atoms with Gasteiger partial charge in [-0.2, -0.15) is 5.26 Å². The molecule has 0 saturated carbocycles. The minimum Gasteiger partial charge on any atom is -0.324 e. The number of hydrogen-bond donors (Lipinski definition) is 1. The molecule has 0 spiro atoms. The standard InChI is InChI=1S/C21H14N4S/c22-14-15-10-12-16(13-11-15)23-21-24-19-9-5-4-8-18(19)20(25-21)26-17-6-2-1-3-7-17/h1-13H,(H,23,24,25). The Labute approximate surface area is 155 Å². The molecule has 0 fully saturated rings. The van der Waals surface area contributed by atoms with Crippen molar-refractivity contribution >= 4 is 34.3 Å². The fourth-order valence-electron chi connectivity index (χ4n) is 2.54. The molecule has 0 bridgehead atoms. The van der Waals surface area contributed by atoms with Crippen LogP contribution in [-0.4, -0.2) is 9.97 Å². The first-order chi connectivity index (χ1) is 12.8. The maximum atomic E-state index is 8.92. The summed E-state index contributed by atoms with van der Waals surface area (Å²) in [6.07, 6.45) is 0. The normalized spacial score (nSPS) is 10.4. The molecular weight excluding hydrogens is 340 g/mol. The van der Waals surface area contributed by atoms with E-state index < -0.39 is 0 Å². The van der Waals surface area contributed by atoms with Crippen LogP contribution in [-0.2, 0) is 0 Å². The Bertz CT molecular complexity index is 1090. The molecule has 1 N–H and O–H groups in total. The molecular formula is C21H14N4S. The van der Waals surface area contributed by atoms with E-state index >= 15 is 0 Å². The zero-order valence-corrected chi connectivity index (χ0v) is 14.6. The van der Waals surface area contributed by atoms with Crippen molar-refractivity contribution in [3.05, 3.63) is 84.4 Å². The fourth-order valence-corrected chi connectivity index (χ4v) is 3.47. The van der Waals surface area contributed by atoms with Crippen LogP contribution in [0.2, 0.25) is 0 Å². The second kappa shape index (κ2) is 7.26. The molecule has 4 rings (SSSR count). The molecule has 0 saturated heterocycles. The Kier molecular flexibility index (Phi) is 4.50. The van der Waals surface area contributed by atoms with E-state index in [0.717, 1.165) is 26.5 Å². The first kappa shape index (κ1) is 16.1. The topological polar surface area (TPSA) is 61.6 Å². The van der Waals surface area contributed by atoms with Gasteiger partial charge < -0.3 is 5.32 Å². The van der Waals surface area contributed by atoms with Crippen molar-refractivity contribution in [2.75, 3.05) is 5.32 Å². The van der Waals surface area contributed by atoms with Crippen molar-refractivity contribution in [3.63, 3.8) is 0 Å². The lowest BCUT2D eigenvalue weighted by molar-refractivity contribution is 1.10. The number of nitriles is 1. The van der Waals surface area contributed by atoms with Crippen LogP contribution in [0.25, 0.3) is 10.9 Å². The lowest BCUT2D eigenvalue weighted by atomic mass is 10.2. The molecule has 26 heavy (non-hydrogen) atoms. The monoisotopic (exact) mass is 354 g/mol. The highest BCUT2D eigenvalue weighted by atomic mass is 32.2. The van der Waals surface area contributed by atoms with Crippen LogP contribution in [0.3, 0.4) is 0 Å². The smallest absolute Gasteiger partial charge is 0.228 e. The summed E-state index contributed by atoms with van der Waals surface area (Å²) in [6, 6.07) is 27.5. The number of benzene rings is 3. The molecule has 4 aromatic rings. The average Bonchev–Trinajstić information content (AvgIpc) is 2.69. The summed E-state index contributed by atoms with van der Waals surface area (Å²) in [5.41, 5.74) is 2.35. The number of fused-ring (bicyclic) bond motifs is 1. The number of para-hydroxylation sites is 1. The van der Waals surface area contributed by atoms with Crippen LogP contribution >= 0.6 is 11.8 Å². The number of hydrogen-bond acceptors (Lipinski definition) is 5. The molecule has 1 heterocycles. The minimum absolute atomic E-state index is 0.534. The largest absolute Gasteiger partial charge is 0.324 e. The second-order valence-electron chi connectivity index (χ2n) is 5.60. The Morgan fingerprint density at radius 1 is 0.808 bits per heavy atom. The summed E-state index contributed by atoms with van der Waals surface area (Å²) in [6.45, 7) is 0. The van der Waals surface area contributed by atoms with Crippen molar-refractivity contribution in [3.8, 4) is 6.07 Å². The summed E-state index contributed by atoms with van der Waals surface area (Å²) < 4.78 is 0. The number of nitrogens with one attached hydrogen (secondary N) is 1. The van der Waals surface area contributed by atoms with Gasteiger partial charge >= 0.3 is 0 Å². The van der Waals surface area contributed by atoms with E-state index in [9.17, 15) is 0 Å². The summed E-state index contributed by atoms with van der Waals surface area (Å²) in [5.74, 6) is 0.534. The Morgan fingerprint density at radius 2 is 1.54 bits per heavy atom. The molecule has 0 radical (unpaired) electrons. The predicted octanol–water partition coefficient (Wildman–Crippen LogP) is 5.40. The fraction of sp³-hybridized carbons (Fsp3) is 0. The molecule has 0 aliphatic heterocycles. The van der Waals surface area contributed by atoms with Crippen LogP contribution in [0.15, 0.2) is 88.8 Å². The van der Waals surface area contributed by atoms with Gasteiger partial charge in [0.2, 0.25) is 5.95 Å². The number of rotatable bonds is 4. The van der Waals surface area contributed by atoms with Gasteiger partial charge in [-0.15, -0.1) is 0 Å². The summed E-state index contributed by atoms with van der Waals surface area (Å²) in [7, 11) is 0. The summed E-state index contributed by atoms with van der Waals surface area (Å²) in [5, 5.41) is 14.1. The Balaban J connectivity index is 1.72. The van der Waals surface area contributed by atoms with E-state index in [1.54, 1.807) is 23.9 Å². The zero-order valence-electron chi connectivity index (χ0n) is 13.8. The molecule has 1 aromatic heterocycles. The van der Waals surface area contributed by atoms with Crippen molar-refractivity contribution < 1.29 is 0 Å². The van der Waals surface area contributed by atoms with Gasteiger partial charge in [0.1, 0.15) is 5.03 Å². The lowest BCUT2D eigenvalue weighted by Gasteiger charge is -2.10. The summed E-state index contributed by atoms with van der Waals surface area (Å²) >= 11 is 1.61. The van der Waals surface area contributed by atoms with E-state index in [-0.39, 0.29) is 0 Å². The molecule has 0 amide bonds. The lowest BCUT2D eigenvalue weighted by Crippen LogP contribution is -1.99. The van der Waals surface area contributed by atoms with Crippen LogP contribution < -0.4 is 5.32 Å². The van der Waals surface area contributed by atoms with E-state index in [1.165, 1.54) is 0 Å². The highest BCUT2D eigenvalue weighted by Crippen LogP contribution is 2.32. The van der Waals surface area contributed by atoms with Gasteiger partial charge in [-0.05, 0) is 42.5 Å². The molecule has 0 aliphatic carbocycles. The van der Waals surface area contributed by atoms with Crippen LogP contribution in [0.5, 0.6) is 0 Å². The maximum Gasteiger partial charge on any atom is 0.228 e. The molecule has 0 atom stereocenters. The third-order valence-corrected chi connectivity index (χ3v) is 4.81. The van der Waals surface area contributed by atoms with Gasteiger partial charge in [-0.1, -0.05) is 48.2 Å². The quantitative estimate of drug-likeness (QED) is 0.497. The van der Waals surface area contributed by atoms with Gasteiger partial charge in [-0.25, -0.2) is 9.97 Å². The van der Waals surface area contributed by atoms with Crippen molar-refractivity contribution in [1.29, 1.82) is 5.26 Å². The van der Waals surface area contributed by atoms with Gasteiger partial charge in [0.25, 0.3) is 0 Å². The van der Waals surface area contributed by atoms with Gasteiger partial charge in [0, 0.05) is 16.0 Å². The third kappa shape index (κ3) is 3.51. The Morgan fingerprint density at radius 3 is 2.31 bits per heavy atom. The van der Waals surface area contributed by atoms with E-state index in [2.05, 4.69) is 28.5 Å². The average molecular weight is 354 g/mol. The van der Waals surface area contributed by atoms with Crippen LogP contribution in [0.1, 0.15) is 5.56 Å². The second-order valence-corrected chi connectivity index (χ2v) is 6.66. The van der Waals surface area contributed by atoms with E-state index in [4.69, 9.17) is 10.2 Å². The van der Waals surface area contributed by atoms with E-state index in [0.29, 0.717) is 11.5 Å². The van der Waals surface area contributed by atoms with Gasteiger partial charge in [0.05, 0.1) is 17.1 Å². The van der Waals surface area contributed by atoms with Crippen molar-refractivity contribution in [2.45, 2.75) is 9.92 Å². The molecule has 4 nitrogen and oxygen atoms in total. The first-order valence-corrected chi connectivity index (χ1v) is 8.90. The van der Waals surface area contributed by atoms with Crippen molar-refractivity contribution in [2.24, 2.45) is 0 Å². The van der Waals surface area contributed by atoms with Crippen LogP contribution in [0, 0.1) is 11.3 Å². The predicted molar refractivity (Wildman–Crippen MR) is 105 cm³/mol. The number of aromatic nitrogens is 2. The number of anilines is 2. The Hall–Kier alpha value is -3.36. The van der Waals surface area contributed by atoms with E-state index in [1.807, 2.05) is 54.6 Å². The van der Waals surface area contributed by atoms with Crippen LogP contribution in [0.4, 0.5) is 11.6 Å². The molecule has 5 heteroatoms. The molecule has 124 valence electrons. The maximum absolute atomic E-state index is 8.92. The van der Waals surface area contributed by atoms with Crippen molar-refractivity contribution in [1.82, 2.24) is 9.97 Å². The molecule has 0 unspecified atom stereocenters. The molecule has 0 aliphatic rings. The first-order valence-electron chi connectivity index (χ1n) is 8.09. The zero-order chi connectivity index (χ0) is 17.8. The highest BCUT2D eigenvalue weighted by molar-refractivity contribution is 7.99. The molecule has 3 aromatic carbocycles. The third-order valence-electron chi connectivity index (χ3n) is 3.80.